The number of aliphatic imine (C=N–C) groups is 1. The number of fused-ring (bicyclic) bond motifs is 1. The fraction of sp³-hybridized carbons (Fsp3) is 0.333. The van der Waals surface area contributed by atoms with Gasteiger partial charge in [-0.2, -0.15) is 0 Å². The number of nitrogens with one attached hydrogen (secondary N) is 1. The summed E-state index contributed by atoms with van der Waals surface area (Å²) in [7, 11) is 3.53. The maximum Gasteiger partial charge on any atom is 0.425 e. The average Bonchev–Trinajstić information content (AvgIpc) is 3.21. The van der Waals surface area contributed by atoms with Gasteiger partial charge in [0.25, 0.3) is 5.54 Å². The summed E-state index contributed by atoms with van der Waals surface area (Å²) in [5, 5.41) is 1.20. The Hall–Kier alpha value is -3.56. The Morgan fingerprint density at radius 3 is 2.36 bits per heavy atom. The Labute approximate surface area is 160 Å². The van der Waals surface area contributed by atoms with Crippen LogP contribution < -0.4 is 5.43 Å². The largest absolute Gasteiger partial charge is 0.467 e. The zero-order valence-corrected chi connectivity index (χ0v) is 15.7. The van der Waals surface area contributed by atoms with E-state index in [2.05, 4.69) is 15.2 Å². The predicted molar refractivity (Wildman–Crippen MR) is 94.7 cm³/mol. The Kier molecular flexibility index (Phi) is 4.95. The number of allylic oxidation sites excluding steroid dienone is 1. The van der Waals surface area contributed by atoms with Crippen LogP contribution in [0.5, 0.6) is 0 Å². The summed E-state index contributed by atoms with van der Waals surface area (Å²) in [4.78, 5) is 41.7. The van der Waals surface area contributed by atoms with Crippen LogP contribution in [0, 0.1) is 0 Å². The molecule has 10 heteroatoms. The summed E-state index contributed by atoms with van der Waals surface area (Å²) >= 11 is 0. The van der Waals surface area contributed by atoms with Crippen molar-refractivity contribution in [3.63, 3.8) is 0 Å². The van der Waals surface area contributed by atoms with E-state index in [9.17, 15) is 14.4 Å². The van der Waals surface area contributed by atoms with Crippen LogP contribution in [0.4, 0.5) is 4.79 Å². The summed E-state index contributed by atoms with van der Waals surface area (Å²) in [6, 6.07) is 8.82. The van der Waals surface area contributed by atoms with E-state index < -0.39 is 29.8 Å². The van der Waals surface area contributed by atoms with Crippen molar-refractivity contribution in [2.75, 3.05) is 21.3 Å². The van der Waals surface area contributed by atoms with E-state index in [1.54, 1.807) is 24.3 Å². The molecular formula is C18H19N3O7. The van der Waals surface area contributed by atoms with E-state index >= 15 is 0 Å². The molecule has 0 fully saturated rings. The van der Waals surface area contributed by atoms with E-state index in [-0.39, 0.29) is 17.2 Å². The smallest absolute Gasteiger partial charge is 0.425 e. The molecule has 10 nitrogen and oxygen atoms in total. The van der Waals surface area contributed by atoms with Crippen molar-refractivity contribution in [3.8, 4) is 0 Å². The lowest BCUT2D eigenvalue weighted by Gasteiger charge is -2.29. The second-order valence-electron chi connectivity index (χ2n) is 5.94. The van der Waals surface area contributed by atoms with Crippen molar-refractivity contribution in [2.24, 2.45) is 4.99 Å². The van der Waals surface area contributed by atoms with E-state index in [0.29, 0.717) is 5.56 Å². The van der Waals surface area contributed by atoms with Crippen LogP contribution in [-0.4, -0.2) is 62.0 Å². The van der Waals surface area contributed by atoms with E-state index in [1.165, 1.54) is 33.3 Å². The van der Waals surface area contributed by atoms with Gasteiger partial charge in [0.1, 0.15) is 5.57 Å². The summed E-state index contributed by atoms with van der Waals surface area (Å²) in [5.74, 6) is -1.53. The van der Waals surface area contributed by atoms with Crippen molar-refractivity contribution in [1.82, 2.24) is 10.4 Å². The monoisotopic (exact) mass is 389 g/mol. The number of amides is 1. The van der Waals surface area contributed by atoms with Gasteiger partial charge in [0.05, 0.1) is 21.3 Å². The van der Waals surface area contributed by atoms with Gasteiger partial charge in [-0.25, -0.2) is 29.8 Å². The van der Waals surface area contributed by atoms with Crippen LogP contribution in [-0.2, 0) is 28.5 Å². The van der Waals surface area contributed by atoms with Crippen LogP contribution in [0.2, 0.25) is 0 Å². The minimum absolute atomic E-state index is 0.103. The third kappa shape index (κ3) is 2.73. The minimum atomic E-state index is -1.88. The van der Waals surface area contributed by atoms with Gasteiger partial charge < -0.3 is 18.9 Å². The van der Waals surface area contributed by atoms with Gasteiger partial charge in [-0.3, -0.25) is 0 Å². The Morgan fingerprint density at radius 1 is 1.11 bits per heavy atom. The van der Waals surface area contributed by atoms with Gasteiger partial charge in [-0.05, 0) is 19.1 Å². The number of hydrazine groups is 1. The van der Waals surface area contributed by atoms with Crippen LogP contribution in [0.25, 0.3) is 0 Å². The number of esters is 2. The highest BCUT2D eigenvalue weighted by Gasteiger charge is 2.66. The summed E-state index contributed by atoms with van der Waals surface area (Å²) in [6.45, 7) is 1.52. The number of hydrogen-bond acceptors (Lipinski definition) is 9. The fourth-order valence-corrected chi connectivity index (χ4v) is 3.23. The molecular weight excluding hydrogens is 370 g/mol. The molecule has 0 spiro atoms. The molecule has 2 atom stereocenters. The number of hydrogen-bond donors (Lipinski definition) is 1. The van der Waals surface area contributed by atoms with Crippen molar-refractivity contribution in [3.05, 3.63) is 47.2 Å². The molecule has 28 heavy (non-hydrogen) atoms. The molecule has 2 aliphatic heterocycles. The molecule has 148 valence electrons. The maximum atomic E-state index is 12.8. The molecule has 0 aliphatic carbocycles. The molecule has 1 N–H and O–H groups in total. The van der Waals surface area contributed by atoms with Crippen molar-refractivity contribution >= 4 is 23.9 Å². The molecule has 0 bridgehead atoms. The first-order valence-electron chi connectivity index (χ1n) is 8.24. The van der Waals surface area contributed by atoms with Gasteiger partial charge >= 0.3 is 18.0 Å². The molecule has 2 unspecified atom stereocenters. The Balaban J connectivity index is 2.19. The molecule has 1 amide bonds. The lowest BCUT2D eigenvalue weighted by Crippen LogP contribution is -2.55. The summed E-state index contributed by atoms with van der Waals surface area (Å²) in [5.41, 5.74) is 1.25. The van der Waals surface area contributed by atoms with E-state index in [1.807, 2.05) is 6.07 Å². The first-order chi connectivity index (χ1) is 13.4. The SMILES string of the molecule is COC(=O)NN1C(C)=C(C(=O)OC)C2(C(=O)OC)N=C(c3ccccc3)OC12. The topological polar surface area (TPSA) is 116 Å². The molecule has 2 heterocycles. The van der Waals surface area contributed by atoms with Gasteiger partial charge in [0.15, 0.2) is 0 Å². The number of carbonyl (C=O) groups is 3. The van der Waals surface area contributed by atoms with Gasteiger partial charge in [-0.15, -0.1) is 0 Å². The highest BCUT2D eigenvalue weighted by atomic mass is 16.6. The van der Waals surface area contributed by atoms with Crippen LogP contribution >= 0.6 is 0 Å². The quantitative estimate of drug-likeness (QED) is 0.592. The minimum Gasteiger partial charge on any atom is -0.467 e. The molecule has 0 saturated heterocycles. The molecule has 0 saturated carbocycles. The number of ether oxygens (including phenoxy) is 4. The molecule has 2 aliphatic rings. The Morgan fingerprint density at radius 2 is 1.79 bits per heavy atom. The predicted octanol–water partition coefficient (Wildman–Crippen LogP) is 0.735. The Bertz CT molecular complexity index is 880. The van der Waals surface area contributed by atoms with E-state index in [0.717, 1.165) is 0 Å². The number of nitrogens with zero attached hydrogens (tertiary/aromatic N) is 2. The third-order valence-electron chi connectivity index (χ3n) is 4.50. The zero-order valence-electron chi connectivity index (χ0n) is 15.7. The molecule has 0 radical (unpaired) electrons. The standard InChI is InChI=1S/C18H19N3O7/c1-10-12(14(22)25-2)18(16(23)26-3)15(21(10)20-17(24)27-4)28-13(19-18)11-8-6-5-7-9-11/h5-9,15H,1-4H3,(H,20,24). The first-order valence-corrected chi connectivity index (χ1v) is 8.24. The first kappa shape index (κ1) is 19.2. The molecule has 1 aromatic carbocycles. The second-order valence-corrected chi connectivity index (χ2v) is 5.94. The lowest BCUT2D eigenvalue weighted by atomic mass is 9.90. The normalized spacial score (nSPS) is 22.8. The highest BCUT2D eigenvalue weighted by molar-refractivity contribution is 6.08. The van der Waals surface area contributed by atoms with Crippen LogP contribution in [0.15, 0.2) is 46.6 Å². The number of benzene rings is 1. The second kappa shape index (κ2) is 7.22. The number of carbonyl (C=O) groups excluding carboxylic acids is 3. The van der Waals surface area contributed by atoms with Crippen molar-refractivity contribution < 1.29 is 33.3 Å². The number of rotatable bonds is 4. The molecule has 1 aromatic rings. The lowest BCUT2D eigenvalue weighted by molar-refractivity contribution is -0.153. The number of methoxy groups -OCH3 is 3. The van der Waals surface area contributed by atoms with Crippen LogP contribution in [0.1, 0.15) is 12.5 Å². The van der Waals surface area contributed by atoms with Gasteiger partial charge in [-0.1, -0.05) is 18.2 Å². The van der Waals surface area contributed by atoms with Crippen molar-refractivity contribution in [2.45, 2.75) is 18.7 Å². The zero-order chi connectivity index (χ0) is 20.5. The third-order valence-corrected chi connectivity index (χ3v) is 4.50. The van der Waals surface area contributed by atoms with Gasteiger partial charge in [0.2, 0.25) is 12.1 Å². The molecule has 0 aromatic heterocycles. The van der Waals surface area contributed by atoms with Gasteiger partial charge in [0, 0.05) is 11.3 Å². The summed E-state index contributed by atoms with van der Waals surface area (Å²) in [6.07, 6.45) is -2.02. The van der Waals surface area contributed by atoms with Crippen LogP contribution in [0.3, 0.4) is 0 Å². The maximum absolute atomic E-state index is 12.8. The fourth-order valence-electron chi connectivity index (χ4n) is 3.23. The van der Waals surface area contributed by atoms with E-state index in [4.69, 9.17) is 14.2 Å². The molecule has 3 rings (SSSR count). The van der Waals surface area contributed by atoms with Crippen molar-refractivity contribution in [1.29, 1.82) is 0 Å². The summed E-state index contributed by atoms with van der Waals surface area (Å²) < 4.78 is 20.3. The highest BCUT2D eigenvalue weighted by Crippen LogP contribution is 2.45. The average molecular weight is 389 g/mol.